The summed E-state index contributed by atoms with van der Waals surface area (Å²) in [5, 5.41) is 9.61. The molecule has 1 aromatic carbocycles. The molecule has 0 spiro atoms. The summed E-state index contributed by atoms with van der Waals surface area (Å²) in [5.74, 6) is -2.24. The number of anilines is 1. The SMILES string of the molecule is O=C(O)CCN(C(=O)C1CCN(c2ccc(Cl)cc2)C1=O)C1CCOCC1. The van der Waals surface area contributed by atoms with E-state index in [4.69, 9.17) is 21.4 Å². The summed E-state index contributed by atoms with van der Waals surface area (Å²) >= 11 is 5.90. The summed E-state index contributed by atoms with van der Waals surface area (Å²) in [5.41, 5.74) is 0.711. The average molecular weight is 395 g/mol. The van der Waals surface area contributed by atoms with Crippen molar-refractivity contribution in [3.05, 3.63) is 29.3 Å². The first-order chi connectivity index (χ1) is 13.0. The topological polar surface area (TPSA) is 87.2 Å². The van der Waals surface area contributed by atoms with Gasteiger partial charge >= 0.3 is 5.97 Å². The summed E-state index contributed by atoms with van der Waals surface area (Å²) in [7, 11) is 0. The third kappa shape index (κ3) is 4.59. The lowest BCUT2D eigenvalue weighted by Crippen LogP contribution is -2.48. The molecule has 2 fully saturated rings. The van der Waals surface area contributed by atoms with Crippen LogP contribution >= 0.6 is 11.6 Å². The zero-order valence-electron chi connectivity index (χ0n) is 15.0. The van der Waals surface area contributed by atoms with Gasteiger partial charge in [-0.15, -0.1) is 0 Å². The molecule has 1 aromatic rings. The van der Waals surface area contributed by atoms with Gasteiger partial charge in [-0.1, -0.05) is 11.6 Å². The molecule has 8 heteroatoms. The summed E-state index contributed by atoms with van der Waals surface area (Å²) in [6.07, 6.45) is 1.61. The normalized spacial score (nSPS) is 20.7. The molecule has 0 saturated carbocycles. The van der Waals surface area contributed by atoms with E-state index in [1.54, 1.807) is 34.1 Å². The Balaban J connectivity index is 1.73. The molecule has 0 aromatic heterocycles. The number of hydrogen-bond acceptors (Lipinski definition) is 4. The van der Waals surface area contributed by atoms with Crippen LogP contribution in [-0.2, 0) is 19.1 Å². The zero-order chi connectivity index (χ0) is 19.4. The maximum Gasteiger partial charge on any atom is 0.305 e. The number of carboxylic acid groups (broad SMARTS) is 1. The quantitative estimate of drug-likeness (QED) is 0.747. The number of aliphatic carboxylic acids is 1. The van der Waals surface area contributed by atoms with Crippen LogP contribution in [0.15, 0.2) is 24.3 Å². The number of carbonyl (C=O) groups is 3. The molecule has 2 aliphatic heterocycles. The summed E-state index contributed by atoms with van der Waals surface area (Å²) in [6, 6.07) is 6.85. The van der Waals surface area contributed by atoms with Gasteiger partial charge in [0.25, 0.3) is 0 Å². The fourth-order valence-electron chi connectivity index (χ4n) is 3.67. The van der Waals surface area contributed by atoms with Gasteiger partial charge in [-0.2, -0.15) is 0 Å². The van der Waals surface area contributed by atoms with E-state index in [-0.39, 0.29) is 30.8 Å². The number of rotatable bonds is 6. The van der Waals surface area contributed by atoms with Crippen LogP contribution in [0.4, 0.5) is 5.69 Å². The van der Waals surface area contributed by atoms with Crippen LogP contribution in [0.3, 0.4) is 0 Å². The minimum Gasteiger partial charge on any atom is -0.481 e. The predicted octanol–water partition coefficient (Wildman–Crippen LogP) is 2.18. The summed E-state index contributed by atoms with van der Waals surface area (Å²) in [4.78, 5) is 40.2. The van der Waals surface area contributed by atoms with Crippen molar-refractivity contribution in [1.82, 2.24) is 4.90 Å². The molecule has 7 nitrogen and oxygen atoms in total. The van der Waals surface area contributed by atoms with Crippen molar-refractivity contribution >= 4 is 35.1 Å². The van der Waals surface area contributed by atoms with Crippen LogP contribution in [0.25, 0.3) is 0 Å². The number of ether oxygens (including phenoxy) is 1. The Bertz CT molecular complexity index is 703. The fourth-order valence-corrected chi connectivity index (χ4v) is 3.80. The first-order valence-electron chi connectivity index (χ1n) is 9.14. The zero-order valence-corrected chi connectivity index (χ0v) is 15.7. The highest BCUT2D eigenvalue weighted by Crippen LogP contribution is 2.29. The number of nitrogens with zero attached hydrogens (tertiary/aromatic N) is 2. The molecule has 1 atom stereocenters. The molecule has 3 rings (SSSR count). The standard InChI is InChI=1S/C19H23ClN2O5/c20-13-1-3-14(4-2-13)21-9-5-16(18(21)25)19(26)22(10-6-17(23)24)15-7-11-27-12-8-15/h1-4,15-16H,5-12H2,(H,23,24). The van der Waals surface area contributed by atoms with Gasteiger partial charge in [-0.25, -0.2) is 0 Å². The van der Waals surface area contributed by atoms with Crippen molar-refractivity contribution in [3.63, 3.8) is 0 Å². The highest BCUT2D eigenvalue weighted by Gasteiger charge is 2.41. The van der Waals surface area contributed by atoms with Gasteiger partial charge in [0.15, 0.2) is 0 Å². The lowest BCUT2D eigenvalue weighted by Gasteiger charge is -2.35. The fraction of sp³-hybridized carbons (Fsp3) is 0.526. The smallest absolute Gasteiger partial charge is 0.305 e. The van der Waals surface area contributed by atoms with Gasteiger partial charge < -0.3 is 19.6 Å². The third-order valence-electron chi connectivity index (χ3n) is 5.12. The van der Waals surface area contributed by atoms with Crippen molar-refractivity contribution < 1.29 is 24.2 Å². The second-order valence-electron chi connectivity index (χ2n) is 6.83. The van der Waals surface area contributed by atoms with Crippen molar-refractivity contribution in [1.29, 1.82) is 0 Å². The van der Waals surface area contributed by atoms with E-state index in [9.17, 15) is 14.4 Å². The van der Waals surface area contributed by atoms with Crippen LogP contribution < -0.4 is 4.90 Å². The number of amides is 2. The molecule has 2 amide bonds. The Morgan fingerprint density at radius 3 is 2.48 bits per heavy atom. The van der Waals surface area contributed by atoms with Crippen LogP contribution in [0.5, 0.6) is 0 Å². The van der Waals surface area contributed by atoms with Crippen LogP contribution in [-0.4, -0.2) is 60.1 Å². The number of benzene rings is 1. The second-order valence-corrected chi connectivity index (χ2v) is 7.26. The molecule has 0 bridgehead atoms. The first kappa shape index (κ1) is 19.6. The van der Waals surface area contributed by atoms with E-state index < -0.39 is 11.9 Å². The van der Waals surface area contributed by atoms with Gasteiger partial charge in [0.1, 0.15) is 5.92 Å². The van der Waals surface area contributed by atoms with Gasteiger partial charge in [0.2, 0.25) is 11.8 Å². The van der Waals surface area contributed by atoms with E-state index in [2.05, 4.69) is 0 Å². The predicted molar refractivity (Wildman–Crippen MR) is 99.7 cm³/mol. The number of carboxylic acids is 1. The Hall–Kier alpha value is -2.12. The molecule has 2 heterocycles. The molecular formula is C19H23ClN2O5. The van der Waals surface area contributed by atoms with Gasteiger partial charge in [-0.05, 0) is 43.5 Å². The first-order valence-corrected chi connectivity index (χ1v) is 9.52. The van der Waals surface area contributed by atoms with Gasteiger partial charge in [0, 0.05) is 43.1 Å². The average Bonchev–Trinajstić information content (AvgIpc) is 3.04. The van der Waals surface area contributed by atoms with Gasteiger partial charge in [0.05, 0.1) is 6.42 Å². The maximum absolute atomic E-state index is 13.1. The Kier molecular flexibility index (Phi) is 6.34. The lowest BCUT2D eigenvalue weighted by molar-refractivity contribution is -0.144. The Morgan fingerprint density at radius 2 is 1.85 bits per heavy atom. The molecule has 1 unspecified atom stereocenters. The molecule has 2 aliphatic rings. The minimum atomic E-state index is -0.958. The monoisotopic (exact) mass is 394 g/mol. The van der Waals surface area contributed by atoms with Crippen molar-refractivity contribution in [3.8, 4) is 0 Å². The summed E-state index contributed by atoms with van der Waals surface area (Å²) in [6.45, 7) is 1.65. The van der Waals surface area contributed by atoms with E-state index in [1.807, 2.05) is 0 Å². The van der Waals surface area contributed by atoms with Crippen LogP contribution in [0.2, 0.25) is 5.02 Å². The van der Waals surface area contributed by atoms with E-state index in [1.165, 1.54) is 0 Å². The van der Waals surface area contributed by atoms with E-state index in [0.29, 0.717) is 49.7 Å². The second kappa shape index (κ2) is 8.71. The van der Waals surface area contributed by atoms with Crippen LogP contribution in [0.1, 0.15) is 25.7 Å². The number of carbonyl (C=O) groups excluding carboxylic acids is 2. The molecule has 2 saturated heterocycles. The maximum atomic E-state index is 13.1. The lowest BCUT2D eigenvalue weighted by atomic mass is 10.0. The highest BCUT2D eigenvalue weighted by molar-refractivity contribution is 6.30. The summed E-state index contributed by atoms with van der Waals surface area (Å²) < 4.78 is 5.35. The molecule has 1 N–H and O–H groups in total. The molecule has 27 heavy (non-hydrogen) atoms. The third-order valence-corrected chi connectivity index (χ3v) is 5.38. The largest absolute Gasteiger partial charge is 0.481 e. The molecule has 146 valence electrons. The minimum absolute atomic E-state index is 0.0806. The molecular weight excluding hydrogens is 372 g/mol. The molecule has 0 radical (unpaired) electrons. The van der Waals surface area contributed by atoms with Crippen molar-refractivity contribution in [2.75, 3.05) is 31.2 Å². The van der Waals surface area contributed by atoms with E-state index >= 15 is 0 Å². The number of hydrogen-bond donors (Lipinski definition) is 1. The van der Waals surface area contributed by atoms with Crippen molar-refractivity contribution in [2.24, 2.45) is 5.92 Å². The molecule has 0 aliphatic carbocycles. The number of halogens is 1. The Labute approximate surface area is 162 Å². The van der Waals surface area contributed by atoms with Gasteiger partial charge in [-0.3, -0.25) is 14.4 Å². The van der Waals surface area contributed by atoms with Crippen LogP contribution in [0, 0.1) is 5.92 Å². The van der Waals surface area contributed by atoms with E-state index in [0.717, 1.165) is 0 Å². The highest BCUT2D eigenvalue weighted by atomic mass is 35.5. The Morgan fingerprint density at radius 1 is 1.19 bits per heavy atom. The van der Waals surface area contributed by atoms with Crippen molar-refractivity contribution in [2.45, 2.75) is 31.7 Å².